The zero-order valence-electron chi connectivity index (χ0n) is 14.6. The number of hydrogen-bond donors (Lipinski definition) is 1. The summed E-state index contributed by atoms with van der Waals surface area (Å²) in [7, 11) is 1.41. The van der Waals surface area contributed by atoms with Gasteiger partial charge in [0.2, 0.25) is 5.91 Å². The van der Waals surface area contributed by atoms with Gasteiger partial charge in [-0.3, -0.25) is 4.79 Å². The van der Waals surface area contributed by atoms with Crippen LogP contribution in [0.3, 0.4) is 0 Å². The molecule has 0 aliphatic carbocycles. The van der Waals surface area contributed by atoms with Crippen molar-refractivity contribution in [3.05, 3.63) is 59.4 Å². The molecule has 0 bridgehead atoms. The van der Waals surface area contributed by atoms with E-state index in [1.807, 2.05) is 18.2 Å². The highest BCUT2D eigenvalue weighted by molar-refractivity contribution is 5.92. The van der Waals surface area contributed by atoms with E-state index in [0.717, 1.165) is 5.56 Å². The Morgan fingerprint density at radius 1 is 1.19 bits per heavy atom. The van der Waals surface area contributed by atoms with Crippen LogP contribution in [0.15, 0.2) is 42.5 Å². The maximum atomic E-state index is 13.8. The van der Waals surface area contributed by atoms with Crippen LogP contribution in [0.5, 0.6) is 17.2 Å². The normalized spacial score (nSPS) is 14.1. The molecule has 3 rings (SSSR count). The van der Waals surface area contributed by atoms with Crippen LogP contribution in [0.2, 0.25) is 0 Å². The zero-order valence-corrected chi connectivity index (χ0v) is 14.6. The SMILES string of the molecule is COc1ccc([C@H](C)NC(=O)/C=C/c2ccc3c(c2)OCCO3)cc1F. The monoisotopic (exact) mass is 357 g/mol. The topological polar surface area (TPSA) is 56.8 Å². The number of carbonyl (C=O) groups is 1. The second kappa shape index (κ2) is 7.91. The average Bonchev–Trinajstić information content (AvgIpc) is 2.66. The van der Waals surface area contributed by atoms with Crippen LogP contribution in [0.1, 0.15) is 24.1 Å². The lowest BCUT2D eigenvalue weighted by Crippen LogP contribution is -2.24. The van der Waals surface area contributed by atoms with E-state index in [2.05, 4.69) is 5.32 Å². The molecule has 0 radical (unpaired) electrons. The fourth-order valence-electron chi connectivity index (χ4n) is 2.63. The highest BCUT2D eigenvalue weighted by Crippen LogP contribution is 2.31. The van der Waals surface area contributed by atoms with E-state index in [4.69, 9.17) is 14.2 Å². The molecule has 1 N–H and O–H groups in total. The van der Waals surface area contributed by atoms with Gasteiger partial charge >= 0.3 is 0 Å². The standard InChI is InChI=1S/C20H20FNO4/c1-13(15-5-7-17(24-2)16(21)12-15)22-20(23)8-4-14-3-6-18-19(11-14)26-10-9-25-18/h3-8,11-13H,9-10H2,1-2H3,(H,22,23)/b8-4+/t13-/m0/s1. The first-order valence-corrected chi connectivity index (χ1v) is 8.28. The fourth-order valence-corrected chi connectivity index (χ4v) is 2.63. The number of fused-ring (bicyclic) bond motifs is 1. The number of benzene rings is 2. The van der Waals surface area contributed by atoms with Crippen molar-refractivity contribution in [3.63, 3.8) is 0 Å². The minimum Gasteiger partial charge on any atom is -0.494 e. The Balaban J connectivity index is 1.63. The molecular weight excluding hydrogens is 337 g/mol. The quantitative estimate of drug-likeness (QED) is 0.832. The molecule has 1 heterocycles. The molecule has 2 aromatic rings. The Morgan fingerprint density at radius 3 is 2.69 bits per heavy atom. The molecular formula is C20H20FNO4. The van der Waals surface area contributed by atoms with E-state index >= 15 is 0 Å². The number of halogens is 1. The summed E-state index contributed by atoms with van der Waals surface area (Å²) in [5.41, 5.74) is 1.48. The molecule has 2 aromatic carbocycles. The Bertz CT molecular complexity index is 835. The van der Waals surface area contributed by atoms with Crippen LogP contribution in [0.4, 0.5) is 4.39 Å². The zero-order chi connectivity index (χ0) is 18.5. The van der Waals surface area contributed by atoms with Crippen molar-refractivity contribution in [2.75, 3.05) is 20.3 Å². The lowest BCUT2D eigenvalue weighted by atomic mass is 10.1. The van der Waals surface area contributed by atoms with Crippen molar-refractivity contribution in [1.82, 2.24) is 5.32 Å². The summed E-state index contributed by atoms with van der Waals surface area (Å²) in [6.07, 6.45) is 3.12. The number of amides is 1. The van der Waals surface area contributed by atoms with Gasteiger partial charge < -0.3 is 19.5 Å². The second-order valence-corrected chi connectivity index (χ2v) is 5.86. The Morgan fingerprint density at radius 2 is 1.96 bits per heavy atom. The molecule has 26 heavy (non-hydrogen) atoms. The molecule has 1 aliphatic rings. The molecule has 1 aliphatic heterocycles. The van der Waals surface area contributed by atoms with Crippen LogP contribution in [-0.4, -0.2) is 26.2 Å². The third-order valence-corrected chi connectivity index (χ3v) is 4.03. The van der Waals surface area contributed by atoms with Crippen molar-refractivity contribution in [3.8, 4) is 17.2 Å². The molecule has 0 saturated heterocycles. The Kier molecular flexibility index (Phi) is 5.41. The van der Waals surface area contributed by atoms with E-state index in [1.165, 1.54) is 19.3 Å². The van der Waals surface area contributed by atoms with E-state index in [9.17, 15) is 9.18 Å². The summed E-state index contributed by atoms with van der Waals surface area (Å²) >= 11 is 0. The van der Waals surface area contributed by atoms with Crippen molar-refractivity contribution in [2.45, 2.75) is 13.0 Å². The molecule has 0 spiro atoms. The summed E-state index contributed by atoms with van der Waals surface area (Å²) in [4.78, 5) is 12.1. The third-order valence-electron chi connectivity index (χ3n) is 4.03. The number of carbonyl (C=O) groups excluding carboxylic acids is 1. The van der Waals surface area contributed by atoms with Crippen LogP contribution >= 0.6 is 0 Å². The van der Waals surface area contributed by atoms with Crippen molar-refractivity contribution in [2.24, 2.45) is 0 Å². The lowest BCUT2D eigenvalue weighted by molar-refractivity contribution is -0.117. The predicted molar refractivity (Wildman–Crippen MR) is 96.0 cm³/mol. The van der Waals surface area contributed by atoms with Gasteiger partial charge in [-0.15, -0.1) is 0 Å². The smallest absolute Gasteiger partial charge is 0.244 e. The van der Waals surface area contributed by atoms with Crippen LogP contribution < -0.4 is 19.5 Å². The van der Waals surface area contributed by atoms with Gasteiger partial charge in [-0.05, 0) is 48.4 Å². The van der Waals surface area contributed by atoms with Gasteiger partial charge in [0.1, 0.15) is 13.2 Å². The summed E-state index contributed by atoms with van der Waals surface area (Å²) < 4.78 is 29.7. The lowest BCUT2D eigenvalue weighted by Gasteiger charge is -2.18. The number of rotatable bonds is 5. The molecule has 136 valence electrons. The fraction of sp³-hybridized carbons (Fsp3) is 0.250. The number of nitrogens with one attached hydrogen (secondary N) is 1. The van der Waals surface area contributed by atoms with E-state index in [1.54, 1.807) is 25.1 Å². The summed E-state index contributed by atoms with van der Waals surface area (Å²) in [6, 6.07) is 9.76. The Labute approximate surface area is 151 Å². The first-order chi connectivity index (χ1) is 12.6. The van der Waals surface area contributed by atoms with Crippen molar-refractivity contribution < 1.29 is 23.4 Å². The van der Waals surface area contributed by atoms with Crippen LogP contribution in [-0.2, 0) is 4.79 Å². The van der Waals surface area contributed by atoms with Gasteiger partial charge in [0.15, 0.2) is 23.1 Å². The van der Waals surface area contributed by atoms with E-state index in [-0.39, 0.29) is 17.7 Å². The van der Waals surface area contributed by atoms with Crippen LogP contribution in [0, 0.1) is 5.82 Å². The molecule has 1 atom stereocenters. The van der Waals surface area contributed by atoms with Gasteiger partial charge in [-0.25, -0.2) is 4.39 Å². The summed E-state index contributed by atoms with van der Waals surface area (Å²) in [5.74, 6) is 0.807. The maximum absolute atomic E-state index is 13.8. The molecule has 0 unspecified atom stereocenters. The van der Waals surface area contributed by atoms with Gasteiger partial charge in [0, 0.05) is 6.08 Å². The van der Waals surface area contributed by atoms with Gasteiger partial charge in [-0.1, -0.05) is 12.1 Å². The average molecular weight is 357 g/mol. The summed E-state index contributed by atoms with van der Waals surface area (Å²) in [5, 5.41) is 2.80. The van der Waals surface area contributed by atoms with Gasteiger partial charge in [0.25, 0.3) is 0 Å². The second-order valence-electron chi connectivity index (χ2n) is 5.86. The highest BCUT2D eigenvalue weighted by atomic mass is 19.1. The molecule has 0 fully saturated rings. The van der Waals surface area contributed by atoms with Crippen LogP contribution in [0.25, 0.3) is 6.08 Å². The molecule has 1 amide bonds. The predicted octanol–water partition coefficient (Wildman–Crippen LogP) is 3.50. The first kappa shape index (κ1) is 17.8. The van der Waals surface area contributed by atoms with Crippen molar-refractivity contribution in [1.29, 1.82) is 0 Å². The number of ether oxygens (including phenoxy) is 3. The third kappa shape index (κ3) is 4.14. The Hall–Kier alpha value is -3.02. The highest BCUT2D eigenvalue weighted by Gasteiger charge is 2.12. The van der Waals surface area contributed by atoms with E-state index in [0.29, 0.717) is 30.3 Å². The van der Waals surface area contributed by atoms with Gasteiger partial charge in [-0.2, -0.15) is 0 Å². The molecule has 5 nitrogen and oxygen atoms in total. The number of hydrogen-bond acceptors (Lipinski definition) is 4. The minimum atomic E-state index is -0.460. The van der Waals surface area contributed by atoms with Gasteiger partial charge in [0.05, 0.1) is 13.2 Å². The molecule has 6 heteroatoms. The first-order valence-electron chi connectivity index (χ1n) is 8.28. The summed E-state index contributed by atoms with van der Waals surface area (Å²) in [6.45, 7) is 2.84. The molecule has 0 aromatic heterocycles. The van der Waals surface area contributed by atoms with Crippen molar-refractivity contribution >= 4 is 12.0 Å². The van der Waals surface area contributed by atoms with E-state index < -0.39 is 5.82 Å². The number of methoxy groups -OCH3 is 1. The minimum absolute atomic E-state index is 0.172. The largest absolute Gasteiger partial charge is 0.494 e. The molecule has 0 saturated carbocycles. The maximum Gasteiger partial charge on any atom is 0.244 e.